The van der Waals surface area contributed by atoms with Crippen LogP contribution in [-0.4, -0.2) is 76.3 Å². The van der Waals surface area contributed by atoms with E-state index in [0.717, 1.165) is 46.7 Å². The average Bonchev–Trinajstić information content (AvgIpc) is 3.32. The van der Waals surface area contributed by atoms with Gasteiger partial charge in [-0.1, -0.05) is 18.2 Å². The summed E-state index contributed by atoms with van der Waals surface area (Å²) in [6.07, 6.45) is 2.09. The molecule has 0 spiro atoms. The number of β-amino-alcohol motifs (C(OH)–C–C–N with tert-alkyl or cyclic N) is 2. The van der Waals surface area contributed by atoms with Crippen LogP contribution in [0.15, 0.2) is 60.8 Å². The first-order chi connectivity index (χ1) is 17.6. The number of benzene rings is 2. The second-order valence-electron chi connectivity index (χ2n) is 8.91. The zero-order valence-electron chi connectivity index (χ0n) is 20.5. The number of piperidine rings is 1. The van der Waals surface area contributed by atoms with Crippen molar-refractivity contribution in [1.82, 2.24) is 19.5 Å². The minimum absolute atomic E-state index is 0.0128. The molecule has 0 radical (unpaired) electrons. The standard InChI is InChI=1S/C27H31N5O4/c1-35-25-6-4-3-5-21(25)23-10-8-19-16-28-27(30-32(19)23)29-22-9-7-18(15-26(22)36-2)20-11-12-31(13-14-33)17-24(20)34/h3-10,15-16,20,24,33-34H,11-14,17H2,1-2H3,(H,29,30). The monoisotopic (exact) mass is 489 g/mol. The van der Waals surface area contributed by atoms with Crippen molar-refractivity contribution in [3.8, 4) is 22.8 Å². The fourth-order valence-electron chi connectivity index (χ4n) is 4.91. The Labute approximate surface area is 209 Å². The van der Waals surface area contributed by atoms with Crippen LogP contribution >= 0.6 is 0 Å². The first kappa shape index (κ1) is 24.1. The molecule has 188 valence electrons. The Balaban J connectivity index is 1.40. The van der Waals surface area contributed by atoms with Crippen molar-refractivity contribution >= 4 is 17.2 Å². The highest BCUT2D eigenvalue weighted by atomic mass is 16.5. The maximum Gasteiger partial charge on any atom is 0.245 e. The first-order valence-corrected chi connectivity index (χ1v) is 12.1. The molecule has 9 heteroatoms. The van der Waals surface area contributed by atoms with Crippen LogP contribution in [0.5, 0.6) is 11.5 Å². The number of likely N-dealkylation sites (tertiary alicyclic amines) is 1. The SMILES string of the molecule is COc1cc(C2CCN(CCO)CC2O)ccc1Nc1ncc2ccc(-c3ccccc3OC)n2n1. The van der Waals surface area contributed by atoms with Crippen LogP contribution < -0.4 is 14.8 Å². The fourth-order valence-corrected chi connectivity index (χ4v) is 4.91. The zero-order chi connectivity index (χ0) is 25.1. The van der Waals surface area contributed by atoms with E-state index in [1.54, 1.807) is 20.4 Å². The maximum atomic E-state index is 10.7. The molecular weight excluding hydrogens is 458 g/mol. The normalized spacial score (nSPS) is 18.3. The number of nitrogens with zero attached hydrogens (tertiary/aromatic N) is 4. The first-order valence-electron chi connectivity index (χ1n) is 12.1. The summed E-state index contributed by atoms with van der Waals surface area (Å²) in [5, 5.41) is 27.9. The number of anilines is 2. The molecule has 9 nitrogen and oxygen atoms in total. The van der Waals surface area contributed by atoms with Crippen molar-refractivity contribution in [1.29, 1.82) is 0 Å². The molecule has 2 atom stereocenters. The Morgan fingerprint density at radius 1 is 1.06 bits per heavy atom. The third kappa shape index (κ3) is 4.73. The predicted molar refractivity (Wildman–Crippen MR) is 138 cm³/mol. The van der Waals surface area contributed by atoms with Gasteiger partial charge in [0.1, 0.15) is 11.5 Å². The molecule has 2 unspecified atom stereocenters. The van der Waals surface area contributed by atoms with Gasteiger partial charge in [0.2, 0.25) is 5.95 Å². The molecular formula is C27H31N5O4. The number of nitrogens with one attached hydrogen (secondary N) is 1. The van der Waals surface area contributed by atoms with E-state index in [2.05, 4.69) is 15.2 Å². The summed E-state index contributed by atoms with van der Waals surface area (Å²) in [4.78, 5) is 6.57. The van der Waals surface area contributed by atoms with Crippen LogP contribution in [0.3, 0.4) is 0 Å². The summed E-state index contributed by atoms with van der Waals surface area (Å²) in [6, 6.07) is 17.7. The Bertz CT molecular complexity index is 1340. The van der Waals surface area contributed by atoms with Gasteiger partial charge in [0.25, 0.3) is 0 Å². The number of aliphatic hydroxyl groups excluding tert-OH is 2. The number of para-hydroxylation sites is 1. The Morgan fingerprint density at radius 2 is 1.89 bits per heavy atom. The molecule has 4 aromatic rings. The van der Waals surface area contributed by atoms with Crippen LogP contribution in [0.2, 0.25) is 0 Å². The number of fused-ring (bicyclic) bond motifs is 1. The van der Waals surface area contributed by atoms with Gasteiger partial charge < -0.3 is 25.0 Å². The predicted octanol–water partition coefficient (Wildman–Crippen LogP) is 3.30. The molecule has 0 saturated carbocycles. The van der Waals surface area contributed by atoms with E-state index >= 15 is 0 Å². The van der Waals surface area contributed by atoms with Gasteiger partial charge in [0, 0.05) is 24.6 Å². The molecule has 3 heterocycles. The van der Waals surface area contributed by atoms with Crippen LogP contribution in [0, 0.1) is 0 Å². The van der Waals surface area contributed by atoms with E-state index in [4.69, 9.17) is 14.6 Å². The van der Waals surface area contributed by atoms with Crippen LogP contribution in [-0.2, 0) is 0 Å². The summed E-state index contributed by atoms with van der Waals surface area (Å²) in [5.74, 6) is 1.86. The van der Waals surface area contributed by atoms with E-state index in [1.165, 1.54) is 0 Å². The van der Waals surface area contributed by atoms with Gasteiger partial charge >= 0.3 is 0 Å². The van der Waals surface area contributed by atoms with Gasteiger partial charge in [-0.15, -0.1) is 5.10 Å². The highest BCUT2D eigenvalue weighted by Crippen LogP contribution is 2.35. The van der Waals surface area contributed by atoms with Crippen molar-refractivity contribution in [3.05, 3.63) is 66.4 Å². The Kier molecular flexibility index (Phi) is 7.04. The van der Waals surface area contributed by atoms with E-state index < -0.39 is 6.10 Å². The van der Waals surface area contributed by atoms with E-state index in [0.29, 0.717) is 24.8 Å². The molecule has 0 aliphatic carbocycles. The third-order valence-electron chi connectivity index (χ3n) is 6.76. The van der Waals surface area contributed by atoms with Gasteiger partial charge in [-0.3, -0.25) is 4.90 Å². The highest BCUT2D eigenvalue weighted by Gasteiger charge is 2.29. The minimum Gasteiger partial charge on any atom is -0.496 e. The van der Waals surface area contributed by atoms with Gasteiger partial charge in [-0.25, -0.2) is 9.50 Å². The molecule has 2 aromatic carbocycles. The Morgan fingerprint density at radius 3 is 2.67 bits per heavy atom. The fraction of sp³-hybridized carbons (Fsp3) is 0.333. The van der Waals surface area contributed by atoms with Gasteiger partial charge in [0.05, 0.1) is 50.0 Å². The van der Waals surface area contributed by atoms with Crippen LogP contribution in [0.1, 0.15) is 17.9 Å². The van der Waals surface area contributed by atoms with Crippen molar-refractivity contribution < 1.29 is 19.7 Å². The topological polar surface area (TPSA) is 104 Å². The molecule has 1 aliphatic rings. The number of aromatic nitrogens is 3. The highest BCUT2D eigenvalue weighted by molar-refractivity contribution is 5.72. The lowest BCUT2D eigenvalue weighted by atomic mass is 9.87. The summed E-state index contributed by atoms with van der Waals surface area (Å²) in [7, 11) is 3.28. The van der Waals surface area contributed by atoms with Crippen LogP contribution in [0.25, 0.3) is 16.8 Å². The van der Waals surface area contributed by atoms with E-state index in [1.807, 2.05) is 59.1 Å². The number of aliphatic hydroxyl groups is 2. The third-order valence-corrected chi connectivity index (χ3v) is 6.76. The second-order valence-corrected chi connectivity index (χ2v) is 8.91. The second kappa shape index (κ2) is 10.5. The quantitative estimate of drug-likeness (QED) is 0.346. The summed E-state index contributed by atoms with van der Waals surface area (Å²) in [5.41, 5.74) is 4.46. The summed E-state index contributed by atoms with van der Waals surface area (Å²) < 4.78 is 13.1. The van der Waals surface area contributed by atoms with E-state index in [-0.39, 0.29) is 12.5 Å². The molecule has 0 bridgehead atoms. The van der Waals surface area contributed by atoms with Crippen molar-refractivity contribution in [2.75, 3.05) is 45.8 Å². The number of hydrogen-bond donors (Lipinski definition) is 3. The molecule has 36 heavy (non-hydrogen) atoms. The molecule has 5 rings (SSSR count). The van der Waals surface area contributed by atoms with Gasteiger partial charge in [-0.2, -0.15) is 0 Å². The molecule has 3 N–H and O–H groups in total. The number of methoxy groups -OCH3 is 2. The average molecular weight is 490 g/mol. The molecule has 1 saturated heterocycles. The molecule has 0 amide bonds. The summed E-state index contributed by atoms with van der Waals surface area (Å²) >= 11 is 0. The number of ether oxygens (including phenoxy) is 2. The lowest BCUT2D eigenvalue weighted by molar-refractivity contribution is 0.0434. The van der Waals surface area contributed by atoms with Crippen LogP contribution in [0.4, 0.5) is 11.6 Å². The molecule has 1 aliphatic heterocycles. The lowest BCUT2D eigenvalue weighted by Crippen LogP contribution is -2.43. The van der Waals surface area contributed by atoms with Crippen molar-refractivity contribution in [2.45, 2.75) is 18.4 Å². The summed E-state index contributed by atoms with van der Waals surface area (Å²) in [6.45, 7) is 2.07. The number of rotatable bonds is 8. The molecule has 2 aromatic heterocycles. The van der Waals surface area contributed by atoms with E-state index in [9.17, 15) is 10.2 Å². The van der Waals surface area contributed by atoms with Gasteiger partial charge in [-0.05, 0) is 54.9 Å². The molecule has 1 fully saturated rings. The number of hydrogen-bond acceptors (Lipinski definition) is 8. The van der Waals surface area contributed by atoms with Crippen molar-refractivity contribution in [3.63, 3.8) is 0 Å². The maximum absolute atomic E-state index is 10.7. The largest absolute Gasteiger partial charge is 0.496 e. The van der Waals surface area contributed by atoms with Crippen molar-refractivity contribution in [2.24, 2.45) is 0 Å². The smallest absolute Gasteiger partial charge is 0.245 e. The minimum atomic E-state index is -0.498. The van der Waals surface area contributed by atoms with Gasteiger partial charge in [0.15, 0.2) is 0 Å². The Hall–Kier alpha value is -3.66. The zero-order valence-corrected chi connectivity index (χ0v) is 20.5. The lowest BCUT2D eigenvalue weighted by Gasteiger charge is -2.36.